The summed E-state index contributed by atoms with van der Waals surface area (Å²) in [4.78, 5) is 8.73. The van der Waals surface area contributed by atoms with Gasteiger partial charge in [-0.25, -0.2) is 4.98 Å². The van der Waals surface area contributed by atoms with Crippen LogP contribution in [0.1, 0.15) is 25.4 Å². The van der Waals surface area contributed by atoms with E-state index in [-0.39, 0.29) is 0 Å². The Balaban J connectivity index is 2.04. The molecular formula is C14H21N5. The molecule has 5 heteroatoms. The molecule has 0 fully saturated rings. The van der Waals surface area contributed by atoms with Gasteiger partial charge in [0.05, 0.1) is 0 Å². The van der Waals surface area contributed by atoms with Gasteiger partial charge >= 0.3 is 0 Å². The summed E-state index contributed by atoms with van der Waals surface area (Å²) in [5, 5.41) is 7.72. The summed E-state index contributed by atoms with van der Waals surface area (Å²) >= 11 is 0. The maximum atomic E-state index is 4.39. The van der Waals surface area contributed by atoms with Crippen LogP contribution in [0.5, 0.6) is 0 Å². The first kappa shape index (κ1) is 13.7. The zero-order chi connectivity index (χ0) is 13.5. The molecule has 2 rings (SSSR count). The minimum Gasteiger partial charge on any atom is -0.313 e. The normalized spacial score (nSPS) is 12.5. The third kappa shape index (κ3) is 3.86. The molecular weight excluding hydrogens is 238 g/mol. The molecule has 0 saturated carbocycles. The average molecular weight is 259 g/mol. The third-order valence-electron chi connectivity index (χ3n) is 3.10. The number of pyridine rings is 1. The smallest absolute Gasteiger partial charge is 0.138 e. The van der Waals surface area contributed by atoms with Crippen molar-refractivity contribution in [3.05, 3.63) is 42.2 Å². The van der Waals surface area contributed by atoms with E-state index in [0.717, 1.165) is 37.4 Å². The Morgan fingerprint density at radius 1 is 1.21 bits per heavy atom. The third-order valence-corrected chi connectivity index (χ3v) is 3.10. The van der Waals surface area contributed by atoms with Crippen molar-refractivity contribution in [3.8, 4) is 0 Å². The van der Waals surface area contributed by atoms with E-state index >= 15 is 0 Å². The molecule has 0 aromatic carbocycles. The van der Waals surface area contributed by atoms with Crippen LogP contribution in [0.4, 0.5) is 0 Å². The molecule has 0 spiro atoms. The van der Waals surface area contributed by atoms with Crippen LogP contribution in [0, 0.1) is 0 Å². The van der Waals surface area contributed by atoms with E-state index in [1.54, 1.807) is 6.33 Å². The molecule has 0 radical (unpaired) electrons. The number of hydrogen-bond donors (Lipinski definition) is 1. The van der Waals surface area contributed by atoms with Crippen LogP contribution in [0.15, 0.2) is 30.7 Å². The zero-order valence-electron chi connectivity index (χ0n) is 11.6. The van der Waals surface area contributed by atoms with E-state index in [9.17, 15) is 0 Å². The van der Waals surface area contributed by atoms with Gasteiger partial charge in [-0.05, 0) is 25.6 Å². The molecule has 5 nitrogen and oxygen atoms in total. The van der Waals surface area contributed by atoms with Crippen molar-refractivity contribution >= 4 is 0 Å². The van der Waals surface area contributed by atoms with Gasteiger partial charge in [0.2, 0.25) is 0 Å². The van der Waals surface area contributed by atoms with Crippen LogP contribution in [0.25, 0.3) is 0 Å². The predicted molar refractivity (Wildman–Crippen MR) is 74.8 cm³/mol. The highest BCUT2D eigenvalue weighted by molar-refractivity contribution is 5.06. The number of rotatable bonds is 7. The van der Waals surface area contributed by atoms with E-state index in [4.69, 9.17) is 0 Å². The van der Waals surface area contributed by atoms with Crippen LogP contribution < -0.4 is 5.32 Å². The largest absolute Gasteiger partial charge is 0.313 e. The monoisotopic (exact) mass is 259 g/mol. The van der Waals surface area contributed by atoms with Crippen molar-refractivity contribution < 1.29 is 0 Å². The molecule has 2 aromatic heterocycles. The number of likely N-dealkylation sites (N-methyl/N-ethyl adjacent to an activating group) is 1. The molecule has 0 amide bonds. The molecule has 1 unspecified atom stereocenters. The second kappa shape index (κ2) is 6.99. The second-order valence-corrected chi connectivity index (χ2v) is 4.48. The quantitative estimate of drug-likeness (QED) is 0.818. The van der Waals surface area contributed by atoms with E-state index in [1.807, 2.05) is 23.0 Å². The van der Waals surface area contributed by atoms with Crippen molar-refractivity contribution in [2.24, 2.45) is 0 Å². The molecule has 1 atom stereocenters. The summed E-state index contributed by atoms with van der Waals surface area (Å²) in [5.41, 5.74) is 1.11. The first-order valence-electron chi connectivity index (χ1n) is 6.83. The molecule has 102 valence electrons. The molecule has 1 N–H and O–H groups in total. The fourth-order valence-electron chi connectivity index (χ4n) is 2.21. The van der Waals surface area contributed by atoms with E-state index in [1.165, 1.54) is 0 Å². The highest BCUT2D eigenvalue weighted by Gasteiger charge is 2.13. The molecule has 0 bridgehead atoms. The molecule has 0 saturated heterocycles. The summed E-state index contributed by atoms with van der Waals surface area (Å²) in [6, 6.07) is 6.38. The standard InChI is InChI=1S/C14H21N5/c1-3-15-13(9-12-7-5-6-8-16-12)10-14-17-11-18-19(14)4-2/h5-8,11,13,15H,3-4,9-10H2,1-2H3. The fraction of sp³-hybridized carbons (Fsp3) is 0.500. The fourth-order valence-corrected chi connectivity index (χ4v) is 2.21. The van der Waals surface area contributed by atoms with Crippen LogP contribution in [-0.2, 0) is 19.4 Å². The molecule has 2 aromatic rings. The van der Waals surface area contributed by atoms with Crippen molar-refractivity contribution in [1.82, 2.24) is 25.1 Å². The van der Waals surface area contributed by atoms with Gasteiger partial charge in [-0.2, -0.15) is 5.10 Å². The first-order valence-corrected chi connectivity index (χ1v) is 6.83. The minimum absolute atomic E-state index is 0.342. The number of aryl methyl sites for hydroxylation is 1. The lowest BCUT2D eigenvalue weighted by Gasteiger charge is -2.17. The Kier molecular flexibility index (Phi) is 5.03. The van der Waals surface area contributed by atoms with Crippen LogP contribution >= 0.6 is 0 Å². The van der Waals surface area contributed by atoms with E-state index < -0.39 is 0 Å². The molecule has 0 aliphatic heterocycles. The lowest BCUT2D eigenvalue weighted by molar-refractivity contribution is 0.486. The SMILES string of the molecule is CCNC(Cc1ccccn1)Cc1ncnn1CC. The van der Waals surface area contributed by atoms with E-state index in [0.29, 0.717) is 6.04 Å². The van der Waals surface area contributed by atoms with Gasteiger partial charge in [0, 0.05) is 37.3 Å². The zero-order valence-corrected chi connectivity index (χ0v) is 11.6. The molecule has 0 aliphatic rings. The van der Waals surface area contributed by atoms with Crippen molar-refractivity contribution in [3.63, 3.8) is 0 Å². The van der Waals surface area contributed by atoms with Gasteiger partial charge in [-0.15, -0.1) is 0 Å². The van der Waals surface area contributed by atoms with Crippen LogP contribution in [0.2, 0.25) is 0 Å². The van der Waals surface area contributed by atoms with Crippen molar-refractivity contribution in [2.75, 3.05) is 6.54 Å². The number of hydrogen-bond acceptors (Lipinski definition) is 4. The summed E-state index contributed by atoms with van der Waals surface area (Å²) in [6.45, 7) is 6.00. The topological polar surface area (TPSA) is 55.6 Å². The molecule has 0 aliphatic carbocycles. The van der Waals surface area contributed by atoms with Gasteiger partial charge in [-0.1, -0.05) is 13.0 Å². The summed E-state index contributed by atoms with van der Waals surface area (Å²) in [6.07, 6.45) is 5.25. The lowest BCUT2D eigenvalue weighted by Crippen LogP contribution is -2.34. The summed E-state index contributed by atoms with van der Waals surface area (Å²) < 4.78 is 1.95. The molecule has 2 heterocycles. The highest BCUT2D eigenvalue weighted by Crippen LogP contribution is 2.06. The number of nitrogens with one attached hydrogen (secondary N) is 1. The Labute approximate surface area is 114 Å². The number of nitrogens with zero attached hydrogens (tertiary/aromatic N) is 4. The average Bonchev–Trinajstić information content (AvgIpc) is 2.87. The predicted octanol–water partition coefficient (Wildman–Crippen LogP) is 1.46. The van der Waals surface area contributed by atoms with Gasteiger partial charge < -0.3 is 5.32 Å². The van der Waals surface area contributed by atoms with Crippen molar-refractivity contribution in [1.29, 1.82) is 0 Å². The maximum absolute atomic E-state index is 4.39. The van der Waals surface area contributed by atoms with Gasteiger partial charge in [0.1, 0.15) is 12.2 Å². The number of aromatic nitrogens is 4. The van der Waals surface area contributed by atoms with Gasteiger partial charge in [0.15, 0.2) is 0 Å². The Morgan fingerprint density at radius 3 is 2.79 bits per heavy atom. The maximum Gasteiger partial charge on any atom is 0.138 e. The van der Waals surface area contributed by atoms with Crippen molar-refractivity contribution in [2.45, 2.75) is 39.3 Å². The Bertz CT molecular complexity index is 480. The lowest BCUT2D eigenvalue weighted by atomic mass is 10.1. The Hall–Kier alpha value is -1.75. The minimum atomic E-state index is 0.342. The summed E-state index contributed by atoms with van der Waals surface area (Å²) in [7, 11) is 0. The molecule has 19 heavy (non-hydrogen) atoms. The van der Waals surface area contributed by atoms with Crippen LogP contribution in [0.3, 0.4) is 0 Å². The highest BCUT2D eigenvalue weighted by atomic mass is 15.3. The summed E-state index contributed by atoms with van der Waals surface area (Å²) in [5.74, 6) is 1.03. The second-order valence-electron chi connectivity index (χ2n) is 4.48. The first-order chi connectivity index (χ1) is 9.33. The van der Waals surface area contributed by atoms with E-state index in [2.05, 4.69) is 40.3 Å². The van der Waals surface area contributed by atoms with Crippen LogP contribution in [-0.4, -0.2) is 32.3 Å². The van der Waals surface area contributed by atoms with Gasteiger partial charge in [-0.3, -0.25) is 9.67 Å². The van der Waals surface area contributed by atoms with Gasteiger partial charge in [0.25, 0.3) is 0 Å². The Morgan fingerprint density at radius 2 is 2.11 bits per heavy atom.